The van der Waals surface area contributed by atoms with Crippen molar-refractivity contribution in [3.05, 3.63) is 23.8 Å². The largest absolute Gasteiger partial charge is 0.397 e. The molecule has 16 heavy (non-hydrogen) atoms. The predicted molar refractivity (Wildman–Crippen MR) is 70.8 cm³/mol. The second kappa shape index (κ2) is 4.36. The third-order valence-electron chi connectivity index (χ3n) is 3.68. The maximum absolute atomic E-state index is 6.18. The smallest absolute Gasteiger partial charge is 0.0605 e. The lowest BCUT2D eigenvalue weighted by Crippen LogP contribution is -2.33. The Balaban J connectivity index is 2.33. The molecule has 1 aromatic carbocycles. The van der Waals surface area contributed by atoms with E-state index < -0.39 is 0 Å². The van der Waals surface area contributed by atoms with Crippen molar-refractivity contribution in [3.63, 3.8) is 0 Å². The van der Waals surface area contributed by atoms with Crippen LogP contribution in [0, 0.1) is 12.8 Å². The van der Waals surface area contributed by atoms with Gasteiger partial charge in [-0.25, -0.2) is 0 Å². The van der Waals surface area contributed by atoms with Gasteiger partial charge in [0.2, 0.25) is 0 Å². The fourth-order valence-corrected chi connectivity index (χ4v) is 2.70. The number of nitrogens with two attached hydrogens (primary N) is 1. The molecule has 1 fully saturated rings. The van der Waals surface area contributed by atoms with E-state index in [2.05, 4.69) is 43.9 Å². The summed E-state index contributed by atoms with van der Waals surface area (Å²) in [5.74, 6) is 0.697. The van der Waals surface area contributed by atoms with Gasteiger partial charge in [0.1, 0.15) is 0 Å². The van der Waals surface area contributed by atoms with Crippen LogP contribution in [0.15, 0.2) is 18.2 Å². The molecular weight excluding hydrogens is 196 g/mol. The van der Waals surface area contributed by atoms with Crippen LogP contribution >= 0.6 is 0 Å². The lowest BCUT2D eigenvalue weighted by molar-refractivity contribution is 0.492. The normalized spacial score (nSPS) is 20.8. The van der Waals surface area contributed by atoms with Crippen LogP contribution in [0.3, 0.4) is 0 Å². The van der Waals surface area contributed by atoms with Crippen LogP contribution in [-0.4, -0.2) is 12.6 Å². The Morgan fingerprint density at radius 1 is 1.38 bits per heavy atom. The summed E-state index contributed by atoms with van der Waals surface area (Å²) in [6.07, 6.45) is 2.58. The number of anilines is 2. The second-order valence-corrected chi connectivity index (χ2v) is 5.15. The molecular formula is C14H22N2. The summed E-state index contributed by atoms with van der Waals surface area (Å²) in [6, 6.07) is 7.00. The second-order valence-electron chi connectivity index (χ2n) is 5.15. The summed E-state index contributed by atoms with van der Waals surface area (Å²) in [7, 11) is 0. The van der Waals surface area contributed by atoms with Gasteiger partial charge in [-0.2, -0.15) is 0 Å². The fourth-order valence-electron chi connectivity index (χ4n) is 2.70. The number of benzene rings is 1. The van der Waals surface area contributed by atoms with Crippen molar-refractivity contribution in [1.82, 2.24) is 0 Å². The van der Waals surface area contributed by atoms with E-state index in [9.17, 15) is 0 Å². The zero-order valence-electron chi connectivity index (χ0n) is 10.5. The minimum atomic E-state index is 0.657. The maximum atomic E-state index is 6.18. The van der Waals surface area contributed by atoms with Crippen LogP contribution in [0.5, 0.6) is 0 Å². The molecule has 2 rings (SSSR count). The van der Waals surface area contributed by atoms with E-state index in [1.165, 1.54) is 24.1 Å². The monoisotopic (exact) mass is 218 g/mol. The van der Waals surface area contributed by atoms with Gasteiger partial charge >= 0.3 is 0 Å². The van der Waals surface area contributed by atoms with Gasteiger partial charge in [0.15, 0.2) is 0 Å². The van der Waals surface area contributed by atoms with Crippen molar-refractivity contribution in [3.8, 4) is 0 Å². The Bertz CT molecular complexity index is 371. The first-order chi connectivity index (χ1) is 7.61. The molecule has 1 aromatic rings. The van der Waals surface area contributed by atoms with Crippen molar-refractivity contribution in [1.29, 1.82) is 0 Å². The molecule has 1 saturated heterocycles. The summed E-state index contributed by atoms with van der Waals surface area (Å²) in [5.41, 5.74) is 9.56. The maximum Gasteiger partial charge on any atom is 0.0605 e. The molecule has 0 aromatic heterocycles. The highest BCUT2D eigenvalue weighted by Gasteiger charge is 2.28. The summed E-state index contributed by atoms with van der Waals surface area (Å²) >= 11 is 0. The van der Waals surface area contributed by atoms with E-state index >= 15 is 0 Å². The Hall–Kier alpha value is -1.18. The van der Waals surface area contributed by atoms with Crippen molar-refractivity contribution in [2.75, 3.05) is 17.2 Å². The Labute approximate surface area is 98.4 Å². The average Bonchev–Trinajstić information content (AvgIpc) is 2.70. The standard InChI is InChI=1S/C14H22N2/c1-10(2)12-8-5-9-16(12)13-7-4-6-11(3)14(13)15/h4,6-7,10,12H,5,8-9,15H2,1-3H3. The highest BCUT2D eigenvalue weighted by atomic mass is 15.2. The van der Waals surface area contributed by atoms with Crippen LogP contribution in [0.4, 0.5) is 11.4 Å². The summed E-state index contributed by atoms with van der Waals surface area (Å²) in [4.78, 5) is 2.49. The number of hydrogen-bond donors (Lipinski definition) is 1. The SMILES string of the molecule is Cc1cccc(N2CCCC2C(C)C)c1N. The molecule has 1 unspecified atom stereocenters. The number of nitrogens with zero attached hydrogens (tertiary/aromatic N) is 1. The van der Waals surface area contributed by atoms with Gasteiger partial charge in [0.05, 0.1) is 11.4 Å². The van der Waals surface area contributed by atoms with Gasteiger partial charge in [0, 0.05) is 12.6 Å². The minimum Gasteiger partial charge on any atom is -0.397 e. The van der Waals surface area contributed by atoms with Gasteiger partial charge in [-0.15, -0.1) is 0 Å². The molecule has 1 aliphatic rings. The van der Waals surface area contributed by atoms with E-state index in [1.54, 1.807) is 0 Å². The van der Waals surface area contributed by atoms with E-state index in [1.807, 2.05) is 0 Å². The zero-order valence-corrected chi connectivity index (χ0v) is 10.5. The highest BCUT2D eigenvalue weighted by Crippen LogP contribution is 2.34. The molecule has 0 bridgehead atoms. The third kappa shape index (κ3) is 1.89. The van der Waals surface area contributed by atoms with Gasteiger partial charge in [-0.1, -0.05) is 26.0 Å². The molecule has 2 heteroatoms. The predicted octanol–water partition coefficient (Wildman–Crippen LogP) is 3.20. The molecule has 0 aliphatic carbocycles. The van der Waals surface area contributed by atoms with Crippen molar-refractivity contribution < 1.29 is 0 Å². The quantitative estimate of drug-likeness (QED) is 0.772. The molecule has 1 heterocycles. The van der Waals surface area contributed by atoms with Crippen LogP contribution in [0.1, 0.15) is 32.3 Å². The number of aryl methyl sites for hydroxylation is 1. The number of rotatable bonds is 2. The zero-order chi connectivity index (χ0) is 11.7. The third-order valence-corrected chi connectivity index (χ3v) is 3.68. The first-order valence-corrected chi connectivity index (χ1v) is 6.23. The summed E-state index contributed by atoms with van der Waals surface area (Å²) in [6.45, 7) is 7.83. The number of para-hydroxylation sites is 1. The van der Waals surface area contributed by atoms with E-state index in [0.29, 0.717) is 12.0 Å². The van der Waals surface area contributed by atoms with Crippen molar-refractivity contribution >= 4 is 11.4 Å². The lowest BCUT2D eigenvalue weighted by Gasteiger charge is -2.31. The van der Waals surface area contributed by atoms with Crippen LogP contribution < -0.4 is 10.6 Å². The molecule has 0 radical (unpaired) electrons. The van der Waals surface area contributed by atoms with Gasteiger partial charge in [-0.3, -0.25) is 0 Å². The van der Waals surface area contributed by atoms with E-state index in [-0.39, 0.29) is 0 Å². The first kappa shape index (κ1) is 11.3. The van der Waals surface area contributed by atoms with Crippen LogP contribution in [0.2, 0.25) is 0 Å². The highest BCUT2D eigenvalue weighted by molar-refractivity contribution is 5.71. The molecule has 2 N–H and O–H groups in total. The Morgan fingerprint density at radius 3 is 2.81 bits per heavy atom. The van der Waals surface area contributed by atoms with Gasteiger partial charge in [-0.05, 0) is 37.3 Å². The molecule has 1 aliphatic heterocycles. The first-order valence-electron chi connectivity index (χ1n) is 6.23. The average molecular weight is 218 g/mol. The molecule has 2 nitrogen and oxygen atoms in total. The van der Waals surface area contributed by atoms with Gasteiger partial charge in [0.25, 0.3) is 0 Å². The van der Waals surface area contributed by atoms with Gasteiger partial charge < -0.3 is 10.6 Å². The minimum absolute atomic E-state index is 0.657. The van der Waals surface area contributed by atoms with Crippen molar-refractivity contribution in [2.45, 2.75) is 39.7 Å². The molecule has 0 saturated carbocycles. The fraction of sp³-hybridized carbons (Fsp3) is 0.571. The lowest BCUT2D eigenvalue weighted by atomic mass is 10.0. The Morgan fingerprint density at radius 2 is 2.12 bits per heavy atom. The molecule has 1 atom stereocenters. The summed E-state index contributed by atoms with van der Waals surface area (Å²) < 4.78 is 0. The number of hydrogen-bond acceptors (Lipinski definition) is 2. The topological polar surface area (TPSA) is 29.3 Å². The molecule has 0 spiro atoms. The number of nitrogen functional groups attached to an aromatic ring is 1. The van der Waals surface area contributed by atoms with E-state index in [4.69, 9.17) is 5.73 Å². The molecule has 0 amide bonds. The van der Waals surface area contributed by atoms with Crippen LogP contribution in [0.25, 0.3) is 0 Å². The Kier molecular flexibility index (Phi) is 3.08. The van der Waals surface area contributed by atoms with Crippen molar-refractivity contribution in [2.24, 2.45) is 5.92 Å². The molecule has 88 valence electrons. The van der Waals surface area contributed by atoms with E-state index in [0.717, 1.165) is 12.2 Å². The van der Waals surface area contributed by atoms with Crippen LogP contribution in [-0.2, 0) is 0 Å². The summed E-state index contributed by atoms with van der Waals surface area (Å²) in [5, 5.41) is 0.